The third-order valence-corrected chi connectivity index (χ3v) is 2.95. The fourth-order valence-electron chi connectivity index (χ4n) is 1.95. The Kier molecular flexibility index (Phi) is 2.82. The van der Waals surface area contributed by atoms with Gasteiger partial charge in [-0.25, -0.2) is 9.69 Å². The van der Waals surface area contributed by atoms with E-state index in [1.54, 1.807) is 0 Å². The van der Waals surface area contributed by atoms with Crippen LogP contribution in [-0.2, 0) is 9.53 Å². The van der Waals surface area contributed by atoms with Gasteiger partial charge in [0.1, 0.15) is 0 Å². The lowest BCUT2D eigenvalue weighted by Gasteiger charge is -2.12. The van der Waals surface area contributed by atoms with Crippen molar-refractivity contribution in [3.8, 4) is 6.07 Å². The van der Waals surface area contributed by atoms with Crippen molar-refractivity contribution in [1.29, 1.82) is 5.26 Å². The van der Waals surface area contributed by atoms with Crippen LogP contribution >= 0.6 is 0 Å². The molecule has 0 aromatic rings. The normalized spacial score (nSPS) is 26.5. The molecule has 16 heavy (non-hydrogen) atoms. The van der Waals surface area contributed by atoms with Crippen LogP contribution in [0, 0.1) is 17.2 Å². The van der Waals surface area contributed by atoms with Crippen LogP contribution in [0.5, 0.6) is 0 Å². The molecule has 1 saturated heterocycles. The lowest BCUT2D eigenvalue weighted by atomic mass is 9.98. The van der Waals surface area contributed by atoms with Crippen molar-refractivity contribution in [2.24, 2.45) is 5.92 Å². The number of nitriles is 1. The maximum Gasteiger partial charge on any atom is 0.417 e. The maximum absolute atomic E-state index is 11.9. The molecule has 0 spiro atoms. The van der Waals surface area contributed by atoms with Crippen molar-refractivity contribution in [1.82, 2.24) is 4.90 Å². The highest BCUT2D eigenvalue weighted by Gasteiger charge is 2.50. The smallest absolute Gasteiger partial charge is 0.417 e. The van der Waals surface area contributed by atoms with E-state index in [9.17, 15) is 9.59 Å². The summed E-state index contributed by atoms with van der Waals surface area (Å²) < 4.78 is 5.01. The molecule has 2 amide bonds. The topological polar surface area (TPSA) is 70.4 Å². The van der Waals surface area contributed by atoms with Crippen molar-refractivity contribution in [3.05, 3.63) is 0 Å². The Bertz CT molecular complexity index is 357. The third-order valence-electron chi connectivity index (χ3n) is 2.95. The van der Waals surface area contributed by atoms with Gasteiger partial charge < -0.3 is 4.74 Å². The number of hydrogen-bond donors (Lipinski definition) is 0. The summed E-state index contributed by atoms with van der Waals surface area (Å²) in [6.45, 7) is 1.93. The maximum atomic E-state index is 11.9. The summed E-state index contributed by atoms with van der Waals surface area (Å²) in [4.78, 5) is 24.6. The van der Waals surface area contributed by atoms with Crippen molar-refractivity contribution < 1.29 is 14.3 Å². The number of hydrogen-bond acceptors (Lipinski definition) is 4. The molecule has 0 aromatic heterocycles. The van der Waals surface area contributed by atoms with Gasteiger partial charge in [-0.1, -0.05) is 13.3 Å². The average molecular weight is 222 g/mol. The minimum atomic E-state index is -0.877. The predicted molar refractivity (Wildman–Crippen MR) is 54.1 cm³/mol. The van der Waals surface area contributed by atoms with Crippen LogP contribution in [0.4, 0.5) is 4.79 Å². The van der Waals surface area contributed by atoms with Gasteiger partial charge in [-0.3, -0.25) is 4.79 Å². The lowest BCUT2D eigenvalue weighted by Crippen LogP contribution is -2.35. The van der Waals surface area contributed by atoms with Gasteiger partial charge >= 0.3 is 6.09 Å². The van der Waals surface area contributed by atoms with Gasteiger partial charge in [0.15, 0.2) is 6.10 Å². The zero-order chi connectivity index (χ0) is 11.7. The first-order chi connectivity index (χ1) is 7.69. The number of amides is 2. The number of carbonyl (C=O) groups excluding carboxylic acids is 2. The molecule has 2 fully saturated rings. The molecule has 1 aliphatic heterocycles. The van der Waals surface area contributed by atoms with E-state index in [1.807, 2.05) is 6.92 Å². The number of rotatable bonds is 4. The monoisotopic (exact) mass is 222 g/mol. The zero-order valence-corrected chi connectivity index (χ0v) is 9.18. The van der Waals surface area contributed by atoms with E-state index >= 15 is 0 Å². The standard InChI is InChI=1S/C11H14N2O3/c1-2-3-7(6-12)9-10(14)13(8-4-5-8)11(15)16-9/h7-9H,2-5H2,1H3/t7-,9?/m1/s1. The van der Waals surface area contributed by atoms with E-state index in [4.69, 9.17) is 10.00 Å². The Morgan fingerprint density at radius 2 is 2.25 bits per heavy atom. The number of cyclic esters (lactones) is 1. The Balaban J connectivity index is 2.10. The van der Waals surface area contributed by atoms with Gasteiger partial charge in [0.2, 0.25) is 0 Å². The number of nitrogens with zero attached hydrogens (tertiary/aromatic N) is 2. The molecular formula is C11H14N2O3. The molecule has 2 rings (SSSR count). The van der Waals surface area contributed by atoms with Crippen molar-refractivity contribution in [2.75, 3.05) is 0 Å². The predicted octanol–water partition coefficient (Wildman–Crippen LogP) is 1.44. The Morgan fingerprint density at radius 3 is 2.75 bits per heavy atom. The molecule has 1 saturated carbocycles. The summed E-state index contributed by atoms with van der Waals surface area (Å²) in [6.07, 6.45) is 1.64. The van der Waals surface area contributed by atoms with Gasteiger partial charge in [-0.2, -0.15) is 5.26 Å². The van der Waals surface area contributed by atoms with Crippen LogP contribution in [0.1, 0.15) is 32.6 Å². The van der Waals surface area contributed by atoms with Gasteiger partial charge in [0.05, 0.1) is 12.0 Å². The summed E-state index contributed by atoms with van der Waals surface area (Å²) in [7, 11) is 0. The summed E-state index contributed by atoms with van der Waals surface area (Å²) in [5, 5.41) is 8.95. The first-order valence-electron chi connectivity index (χ1n) is 5.62. The Hall–Kier alpha value is -1.57. The first kappa shape index (κ1) is 10.9. The summed E-state index contributed by atoms with van der Waals surface area (Å²) in [5.74, 6) is -0.835. The van der Waals surface area contributed by atoms with E-state index < -0.39 is 18.1 Å². The molecule has 5 heteroatoms. The zero-order valence-electron chi connectivity index (χ0n) is 9.18. The largest absolute Gasteiger partial charge is 0.434 e. The van der Waals surface area contributed by atoms with E-state index in [0.717, 1.165) is 19.3 Å². The van der Waals surface area contributed by atoms with Crippen LogP contribution in [0.3, 0.4) is 0 Å². The van der Waals surface area contributed by atoms with Gasteiger partial charge in [-0.05, 0) is 19.3 Å². The van der Waals surface area contributed by atoms with E-state index in [-0.39, 0.29) is 11.9 Å². The highest BCUT2D eigenvalue weighted by atomic mass is 16.6. The fourth-order valence-corrected chi connectivity index (χ4v) is 1.95. The van der Waals surface area contributed by atoms with Gasteiger partial charge in [0, 0.05) is 6.04 Å². The quantitative estimate of drug-likeness (QED) is 0.721. The number of ether oxygens (including phenoxy) is 1. The summed E-state index contributed by atoms with van der Waals surface area (Å²) in [6, 6.07) is 2.07. The molecule has 0 radical (unpaired) electrons. The SMILES string of the molecule is CCC[C@H](C#N)C1OC(=O)N(C2CC2)C1=O. The van der Waals surface area contributed by atoms with Crippen molar-refractivity contribution in [3.63, 3.8) is 0 Å². The minimum absolute atomic E-state index is 0.0194. The van der Waals surface area contributed by atoms with Crippen LogP contribution < -0.4 is 0 Å². The van der Waals surface area contributed by atoms with Crippen molar-refractivity contribution in [2.45, 2.75) is 44.8 Å². The van der Waals surface area contributed by atoms with Gasteiger partial charge in [-0.15, -0.1) is 0 Å². The van der Waals surface area contributed by atoms with E-state index in [1.165, 1.54) is 4.90 Å². The van der Waals surface area contributed by atoms with E-state index in [2.05, 4.69) is 6.07 Å². The highest BCUT2D eigenvalue weighted by Crippen LogP contribution is 2.33. The van der Waals surface area contributed by atoms with Gasteiger partial charge in [0.25, 0.3) is 5.91 Å². The number of carbonyl (C=O) groups is 2. The van der Waals surface area contributed by atoms with Crippen LogP contribution in [0.25, 0.3) is 0 Å². The second-order valence-corrected chi connectivity index (χ2v) is 4.27. The second-order valence-electron chi connectivity index (χ2n) is 4.27. The molecule has 0 aromatic carbocycles. The first-order valence-corrected chi connectivity index (χ1v) is 5.62. The highest BCUT2D eigenvalue weighted by molar-refractivity contribution is 6.01. The van der Waals surface area contributed by atoms with Crippen LogP contribution in [0.15, 0.2) is 0 Å². The molecule has 2 aliphatic rings. The fraction of sp³-hybridized carbons (Fsp3) is 0.727. The van der Waals surface area contributed by atoms with E-state index in [0.29, 0.717) is 6.42 Å². The average Bonchev–Trinajstić information content (AvgIpc) is 3.03. The lowest BCUT2D eigenvalue weighted by molar-refractivity contribution is -0.131. The molecule has 5 nitrogen and oxygen atoms in total. The second kappa shape index (κ2) is 4.12. The van der Waals surface area contributed by atoms with Crippen LogP contribution in [0.2, 0.25) is 0 Å². The molecular weight excluding hydrogens is 208 g/mol. The molecule has 1 aliphatic carbocycles. The Labute approximate surface area is 94.0 Å². The molecule has 86 valence electrons. The number of imide groups is 1. The molecule has 2 atom stereocenters. The minimum Gasteiger partial charge on any atom is -0.434 e. The third kappa shape index (κ3) is 1.75. The molecule has 1 heterocycles. The summed E-state index contributed by atoms with van der Waals surface area (Å²) in [5.41, 5.74) is 0. The summed E-state index contributed by atoms with van der Waals surface area (Å²) >= 11 is 0. The molecule has 0 N–H and O–H groups in total. The molecule has 1 unspecified atom stereocenters. The van der Waals surface area contributed by atoms with Crippen molar-refractivity contribution >= 4 is 12.0 Å². The molecule has 0 bridgehead atoms. The Morgan fingerprint density at radius 1 is 1.56 bits per heavy atom. The van der Waals surface area contributed by atoms with Crippen LogP contribution in [-0.4, -0.2) is 29.0 Å².